The normalized spacial score (nSPS) is 16.8. The molecule has 3 aromatic rings. The van der Waals surface area contributed by atoms with Gasteiger partial charge in [0, 0.05) is 36.9 Å². The fraction of sp³-hybridized carbons (Fsp3) is 0.333. The molecule has 1 N–H and O–H groups in total. The van der Waals surface area contributed by atoms with Gasteiger partial charge >= 0.3 is 0 Å². The Bertz CT molecular complexity index is 1080. The van der Waals surface area contributed by atoms with Gasteiger partial charge in [-0.25, -0.2) is 4.68 Å². The van der Waals surface area contributed by atoms with Gasteiger partial charge < -0.3 is 19.5 Å². The van der Waals surface area contributed by atoms with Crippen molar-refractivity contribution in [1.82, 2.24) is 15.1 Å². The summed E-state index contributed by atoms with van der Waals surface area (Å²) < 4.78 is 18.4. The largest absolute Gasteiger partial charge is 0.454 e. The summed E-state index contributed by atoms with van der Waals surface area (Å²) in [5.41, 5.74) is 3.59. The zero-order chi connectivity index (χ0) is 21.3. The van der Waals surface area contributed by atoms with Gasteiger partial charge in [0.25, 0.3) is 5.91 Å². The lowest BCUT2D eigenvalue weighted by Gasteiger charge is -2.38. The molecule has 3 heterocycles. The molecule has 2 aliphatic rings. The SMILES string of the molecule is Cc1cnn(-c2ccc(C(=O)NCC3(c4ccc5c(c4)OCO5)CCOCC3)cc2)c1. The Balaban J connectivity index is 1.32. The summed E-state index contributed by atoms with van der Waals surface area (Å²) in [6.07, 6.45) is 5.44. The van der Waals surface area contributed by atoms with Crippen LogP contribution in [0.5, 0.6) is 11.5 Å². The molecule has 0 atom stereocenters. The van der Waals surface area contributed by atoms with E-state index in [0.29, 0.717) is 25.3 Å². The second-order valence-corrected chi connectivity index (χ2v) is 8.15. The molecule has 160 valence electrons. The molecule has 1 saturated heterocycles. The Morgan fingerprint density at radius 3 is 2.61 bits per heavy atom. The highest BCUT2D eigenvalue weighted by Crippen LogP contribution is 2.40. The number of nitrogens with one attached hydrogen (secondary N) is 1. The molecule has 1 aromatic heterocycles. The van der Waals surface area contributed by atoms with Crippen LogP contribution in [-0.4, -0.2) is 42.2 Å². The predicted octanol–water partition coefficient (Wildman–Crippen LogP) is 3.39. The number of nitrogens with zero attached hydrogens (tertiary/aromatic N) is 2. The Morgan fingerprint density at radius 1 is 1.10 bits per heavy atom. The molecule has 31 heavy (non-hydrogen) atoms. The van der Waals surface area contributed by atoms with Crippen molar-refractivity contribution in [2.24, 2.45) is 0 Å². The highest BCUT2D eigenvalue weighted by molar-refractivity contribution is 5.94. The van der Waals surface area contributed by atoms with Gasteiger partial charge in [0.15, 0.2) is 11.5 Å². The van der Waals surface area contributed by atoms with E-state index in [0.717, 1.165) is 41.2 Å². The number of aryl methyl sites for hydroxylation is 1. The summed E-state index contributed by atoms with van der Waals surface area (Å²) >= 11 is 0. The van der Waals surface area contributed by atoms with E-state index in [9.17, 15) is 4.79 Å². The first-order valence-electron chi connectivity index (χ1n) is 10.5. The van der Waals surface area contributed by atoms with Crippen molar-refractivity contribution in [1.29, 1.82) is 0 Å². The number of carbonyl (C=O) groups is 1. The van der Waals surface area contributed by atoms with E-state index in [4.69, 9.17) is 14.2 Å². The van der Waals surface area contributed by atoms with Gasteiger partial charge in [-0.2, -0.15) is 5.10 Å². The van der Waals surface area contributed by atoms with Gasteiger partial charge in [-0.15, -0.1) is 0 Å². The Kier molecular flexibility index (Phi) is 5.11. The van der Waals surface area contributed by atoms with Gasteiger partial charge in [0.2, 0.25) is 6.79 Å². The minimum Gasteiger partial charge on any atom is -0.454 e. The Morgan fingerprint density at radius 2 is 1.87 bits per heavy atom. The third-order valence-electron chi connectivity index (χ3n) is 6.13. The van der Waals surface area contributed by atoms with Gasteiger partial charge in [0.05, 0.1) is 11.9 Å². The molecule has 7 nitrogen and oxygen atoms in total. The second-order valence-electron chi connectivity index (χ2n) is 8.15. The van der Waals surface area contributed by atoms with E-state index in [2.05, 4.69) is 16.5 Å². The lowest BCUT2D eigenvalue weighted by molar-refractivity contribution is 0.0486. The van der Waals surface area contributed by atoms with Crippen LogP contribution in [0.4, 0.5) is 0 Å². The average Bonchev–Trinajstić information content (AvgIpc) is 3.46. The van der Waals surface area contributed by atoms with Crippen molar-refractivity contribution in [3.05, 3.63) is 71.5 Å². The summed E-state index contributed by atoms with van der Waals surface area (Å²) in [7, 11) is 0. The number of fused-ring (bicyclic) bond motifs is 1. The van der Waals surface area contributed by atoms with Crippen molar-refractivity contribution < 1.29 is 19.0 Å². The molecule has 2 aliphatic heterocycles. The van der Waals surface area contributed by atoms with E-state index in [-0.39, 0.29) is 18.1 Å². The standard InChI is InChI=1S/C24H25N3O4/c1-17-13-26-27(14-17)20-5-2-18(3-6-20)23(28)25-15-24(8-10-29-11-9-24)19-4-7-21-22(12-19)31-16-30-21/h2-7,12-14H,8-11,15-16H2,1H3,(H,25,28). The molecule has 0 bridgehead atoms. The fourth-order valence-electron chi connectivity index (χ4n) is 4.23. The monoisotopic (exact) mass is 419 g/mol. The topological polar surface area (TPSA) is 74.6 Å². The van der Waals surface area contributed by atoms with Crippen molar-refractivity contribution in [2.75, 3.05) is 26.6 Å². The number of rotatable bonds is 5. The van der Waals surface area contributed by atoms with Crippen LogP contribution < -0.4 is 14.8 Å². The van der Waals surface area contributed by atoms with Crippen LogP contribution in [0.25, 0.3) is 5.69 Å². The van der Waals surface area contributed by atoms with Crippen LogP contribution in [0.2, 0.25) is 0 Å². The molecule has 0 unspecified atom stereocenters. The maximum atomic E-state index is 12.9. The molecule has 7 heteroatoms. The summed E-state index contributed by atoms with van der Waals surface area (Å²) in [6, 6.07) is 13.5. The van der Waals surface area contributed by atoms with E-state index in [1.54, 1.807) is 4.68 Å². The molecule has 0 saturated carbocycles. The third kappa shape index (κ3) is 3.88. The number of amides is 1. The smallest absolute Gasteiger partial charge is 0.251 e. The maximum absolute atomic E-state index is 12.9. The Hall–Kier alpha value is -3.32. The first-order valence-corrected chi connectivity index (χ1v) is 10.5. The number of aromatic nitrogens is 2. The lowest BCUT2D eigenvalue weighted by Crippen LogP contribution is -2.44. The second kappa shape index (κ2) is 8.07. The number of carbonyl (C=O) groups excluding carboxylic acids is 1. The minimum atomic E-state index is -0.193. The molecule has 0 radical (unpaired) electrons. The summed E-state index contributed by atoms with van der Waals surface area (Å²) in [4.78, 5) is 12.9. The molecule has 1 amide bonds. The lowest BCUT2D eigenvalue weighted by atomic mass is 9.74. The summed E-state index contributed by atoms with van der Waals surface area (Å²) in [5.74, 6) is 1.44. The highest BCUT2D eigenvalue weighted by Gasteiger charge is 2.36. The first-order chi connectivity index (χ1) is 15.1. The molecule has 0 aliphatic carbocycles. The molecule has 5 rings (SSSR count). The zero-order valence-corrected chi connectivity index (χ0v) is 17.5. The van der Waals surface area contributed by atoms with Gasteiger partial charge in [-0.05, 0) is 67.3 Å². The van der Waals surface area contributed by atoms with Crippen LogP contribution in [0, 0.1) is 6.92 Å². The van der Waals surface area contributed by atoms with Crippen LogP contribution in [0.1, 0.15) is 34.3 Å². The molecular weight excluding hydrogens is 394 g/mol. The number of ether oxygens (including phenoxy) is 3. The third-order valence-corrected chi connectivity index (χ3v) is 6.13. The predicted molar refractivity (Wildman–Crippen MR) is 115 cm³/mol. The van der Waals surface area contributed by atoms with Crippen LogP contribution in [0.15, 0.2) is 54.9 Å². The summed E-state index contributed by atoms with van der Waals surface area (Å²) in [5, 5.41) is 7.46. The molecular formula is C24H25N3O4. The molecule has 1 fully saturated rings. The van der Waals surface area contributed by atoms with E-state index >= 15 is 0 Å². The van der Waals surface area contributed by atoms with Crippen LogP contribution in [-0.2, 0) is 10.2 Å². The number of hydrogen-bond donors (Lipinski definition) is 1. The van der Waals surface area contributed by atoms with Crippen molar-refractivity contribution >= 4 is 5.91 Å². The van der Waals surface area contributed by atoms with Crippen LogP contribution in [0.3, 0.4) is 0 Å². The van der Waals surface area contributed by atoms with Crippen molar-refractivity contribution in [3.8, 4) is 17.2 Å². The van der Waals surface area contributed by atoms with Crippen molar-refractivity contribution in [3.63, 3.8) is 0 Å². The molecule has 0 spiro atoms. The fourth-order valence-corrected chi connectivity index (χ4v) is 4.23. The van der Waals surface area contributed by atoms with Gasteiger partial charge in [-0.3, -0.25) is 4.79 Å². The number of hydrogen-bond acceptors (Lipinski definition) is 5. The van der Waals surface area contributed by atoms with Crippen molar-refractivity contribution in [2.45, 2.75) is 25.2 Å². The van der Waals surface area contributed by atoms with Gasteiger partial charge in [-0.1, -0.05) is 6.07 Å². The summed E-state index contributed by atoms with van der Waals surface area (Å²) in [6.45, 7) is 4.12. The van der Waals surface area contributed by atoms with E-state index in [1.165, 1.54) is 0 Å². The van der Waals surface area contributed by atoms with E-state index < -0.39 is 0 Å². The Labute approximate surface area is 180 Å². The first kappa shape index (κ1) is 19.6. The minimum absolute atomic E-state index is 0.0881. The maximum Gasteiger partial charge on any atom is 0.251 e. The zero-order valence-electron chi connectivity index (χ0n) is 17.5. The molecule has 2 aromatic carbocycles. The highest BCUT2D eigenvalue weighted by atomic mass is 16.7. The average molecular weight is 419 g/mol. The van der Waals surface area contributed by atoms with Gasteiger partial charge in [0.1, 0.15) is 0 Å². The van der Waals surface area contributed by atoms with Crippen LogP contribution >= 0.6 is 0 Å². The quantitative estimate of drug-likeness (QED) is 0.686. The van der Waals surface area contributed by atoms with E-state index in [1.807, 2.05) is 55.7 Å². The number of benzene rings is 2.